The van der Waals surface area contributed by atoms with Crippen molar-refractivity contribution in [3.8, 4) is 5.75 Å². The van der Waals surface area contributed by atoms with Gasteiger partial charge < -0.3 is 34.4 Å². The van der Waals surface area contributed by atoms with E-state index in [1.165, 1.54) is 12.0 Å². The molecule has 11 nitrogen and oxygen atoms in total. The summed E-state index contributed by atoms with van der Waals surface area (Å²) >= 11 is 0. The standard InChI is InChI=1S/C32H41F3N5O6P/c1-6-45-47(43,46-7-2)19-20-8-14-27(28(16-20)44-5)38-31-36-18-25(32(33,34)35)29(39-31)37-26-15-11-22(17-24(26)30(42)40(3)4)21-9-12-23(41)13-10-21/h8,11,14-18,21,23,41H,6-7,9-10,12-13,19H2,1-5H3,(H2,36,37,38,39). The average Bonchev–Trinajstić information content (AvgIpc) is 3.01. The van der Waals surface area contributed by atoms with Crippen molar-refractivity contribution in [3.63, 3.8) is 0 Å². The van der Waals surface area contributed by atoms with Crippen LogP contribution in [0.3, 0.4) is 0 Å². The van der Waals surface area contributed by atoms with Crippen molar-refractivity contribution in [2.45, 2.75) is 63.9 Å². The van der Waals surface area contributed by atoms with E-state index in [4.69, 9.17) is 13.8 Å². The summed E-state index contributed by atoms with van der Waals surface area (Å²) in [5.41, 5.74) is 1.03. The maximum absolute atomic E-state index is 14.1. The lowest BCUT2D eigenvalue weighted by Gasteiger charge is -2.27. The number of hydrogen-bond donors (Lipinski definition) is 3. The van der Waals surface area contributed by atoms with E-state index in [9.17, 15) is 27.6 Å². The third-order valence-corrected chi connectivity index (χ3v) is 9.79. The average molecular weight is 680 g/mol. The zero-order valence-electron chi connectivity index (χ0n) is 27.1. The molecule has 0 radical (unpaired) electrons. The molecule has 1 saturated carbocycles. The van der Waals surface area contributed by atoms with Crippen molar-refractivity contribution in [3.05, 3.63) is 64.8 Å². The fourth-order valence-electron chi connectivity index (χ4n) is 5.43. The normalized spacial score (nSPS) is 16.9. The highest BCUT2D eigenvalue weighted by Gasteiger charge is 2.36. The van der Waals surface area contributed by atoms with E-state index in [0.29, 0.717) is 36.0 Å². The minimum atomic E-state index is -4.80. The number of rotatable bonds is 13. The Kier molecular flexibility index (Phi) is 11.9. The van der Waals surface area contributed by atoms with Crippen LogP contribution < -0.4 is 15.4 Å². The third kappa shape index (κ3) is 9.22. The summed E-state index contributed by atoms with van der Waals surface area (Å²) in [6.07, 6.45) is -1.74. The second kappa shape index (κ2) is 15.5. The summed E-state index contributed by atoms with van der Waals surface area (Å²) in [7, 11) is 1.14. The largest absolute Gasteiger partial charge is 0.495 e. The maximum atomic E-state index is 14.1. The molecule has 4 rings (SSSR count). The second-order valence-corrected chi connectivity index (χ2v) is 13.4. The van der Waals surface area contributed by atoms with Crippen molar-refractivity contribution in [2.24, 2.45) is 0 Å². The van der Waals surface area contributed by atoms with Crippen LogP contribution in [-0.2, 0) is 26.0 Å². The number of benzene rings is 2. The molecule has 1 aromatic heterocycles. The van der Waals surface area contributed by atoms with Gasteiger partial charge in [0, 0.05) is 20.3 Å². The molecular weight excluding hydrogens is 638 g/mol. The monoisotopic (exact) mass is 679 g/mol. The Balaban J connectivity index is 1.67. The molecule has 0 atom stereocenters. The highest BCUT2D eigenvalue weighted by Crippen LogP contribution is 2.52. The van der Waals surface area contributed by atoms with Gasteiger partial charge in [0.25, 0.3) is 5.91 Å². The highest BCUT2D eigenvalue weighted by atomic mass is 31.2. The summed E-state index contributed by atoms with van der Waals surface area (Å²) in [5.74, 6) is -0.702. The van der Waals surface area contributed by atoms with Gasteiger partial charge in [0.1, 0.15) is 17.1 Å². The van der Waals surface area contributed by atoms with Crippen molar-refractivity contribution in [2.75, 3.05) is 45.1 Å². The number of aromatic nitrogens is 2. The predicted molar refractivity (Wildman–Crippen MR) is 173 cm³/mol. The van der Waals surface area contributed by atoms with Crippen molar-refractivity contribution < 1.29 is 41.4 Å². The number of anilines is 4. The van der Waals surface area contributed by atoms with Crippen LogP contribution in [0.2, 0.25) is 0 Å². The first-order chi connectivity index (χ1) is 22.3. The molecule has 1 amide bonds. The van der Waals surface area contributed by atoms with Crippen LogP contribution in [0.25, 0.3) is 0 Å². The van der Waals surface area contributed by atoms with Gasteiger partial charge in [-0.1, -0.05) is 12.1 Å². The van der Waals surface area contributed by atoms with E-state index in [0.717, 1.165) is 18.4 Å². The number of ether oxygens (including phenoxy) is 1. The zero-order chi connectivity index (χ0) is 34.4. The topological polar surface area (TPSA) is 135 Å². The predicted octanol–water partition coefficient (Wildman–Crippen LogP) is 7.48. The van der Waals surface area contributed by atoms with Crippen molar-refractivity contribution >= 4 is 36.6 Å². The van der Waals surface area contributed by atoms with Crippen LogP contribution in [-0.4, -0.2) is 66.4 Å². The second-order valence-electron chi connectivity index (χ2n) is 11.4. The zero-order valence-corrected chi connectivity index (χ0v) is 28.0. The number of aliphatic hydroxyl groups excluding tert-OH is 1. The summed E-state index contributed by atoms with van der Waals surface area (Å²) < 4.78 is 71.7. The van der Waals surface area contributed by atoms with Gasteiger partial charge >= 0.3 is 13.8 Å². The molecule has 3 N–H and O–H groups in total. The first-order valence-corrected chi connectivity index (χ1v) is 17.1. The van der Waals surface area contributed by atoms with Crippen LogP contribution in [0.5, 0.6) is 5.75 Å². The molecule has 256 valence electrons. The van der Waals surface area contributed by atoms with Gasteiger partial charge in [0.2, 0.25) is 5.95 Å². The van der Waals surface area contributed by atoms with E-state index >= 15 is 0 Å². The highest BCUT2D eigenvalue weighted by molar-refractivity contribution is 7.53. The van der Waals surface area contributed by atoms with E-state index in [1.54, 1.807) is 64.3 Å². The molecular formula is C32H41F3N5O6P. The molecule has 15 heteroatoms. The Morgan fingerprint density at radius 1 is 1.02 bits per heavy atom. The fraction of sp³-hybridized carbons (Fsp3) is 0.469. The molecule has 47 heavy (non-hydrogen) atoms. The minimum Gasteiger partial charge on any atom is -0.495 e. The number of hydrogen-bond acceptors (Lipinski definition) is 10. The maximum Gasteiger partial charge on any atom is 0.421 e. The van der Waals surface area contributed by atoms with Gasteiger partial charge in [-0.3, -0.25) is 9.36 Å². The quantitative estimate of drug-likeness (QED) is 0.156. The lowest BCUT2D eigenvalue weighted by Crippen LogP contribution is -2.24. The van der Waals surface area contributed by atoms with Gasteiger partial charge in [-0.2, -0.15) is 18.2 Å². The first-order valence-electron chi connectivity index (χ1n) is 15.3. The van der Waals surface area contributed by atoms with E-state index in [2.05, 4.69) is 20.6 Å². The lowest BCUT2D eigenvalue weighted by atomic mass is 9.82. The van der Waals surface area contributed by atoms with Crippen LogP contribution in [0.1, 0.15) is 72.5 Å². The van der Waals surface area contributed by atoms with Crippen LogP contribution in [0, 0.1) is 0 Å². The van der Waals surface area contributed by atoms with Gasteiger partial charge in [0.05, 0.1) is 49.5 Å². The number of carbonyl (C=O) groups is 1. The number of alkyl halides is 3. The van der Waals surface area contributed by atoms with Crippen molar-refractivity contribution in [1.29, 1.82) is 0 Å². The SMILES string of the molecule is CCOP(=O)(Cc1ccc(Nc2ncc(C(F)(F)F)c(Nc3ccc(C4CCC(O)CC4)cc3C(=O)N(C)C)n2)c(OC)c1)OCC. The smallest absolute Gasteiger partial charge is 0.421 e. The van der Waals surface area contributed by atoms with Gasteiger partial charge in [-0.25, -0.2) is 4.98 Å². The summed E-state index contributed by atoms with van der Waals surface area (Å²) in [5, 5.41) is 15.6. The number of aliphatic hydroxyl groups is 1. The number of halogens is 3. The molecule has 0 spiro atoms. The summed E-state index contributed by atoms with van der Waals surface area (Å²) in [6.45, 7) is 3.84. The first kappa shape index (κ1) is 36.1. The molecule has 0 bridgehead atoms. The van der Waals surface area contributed by atoms with Crippen molar-refractivity contribution in [1.82, 2.24) is 14.9 Å². The van der Waals surface area contributed by atoms with Crippen LogP contribution in [0.15, 0.2) is 42.6 Å². The number of nitrogens with one attached hydrogen (secondary N) is 2. The molecule has 0 saturated heterocycles. The molecule has 1 aliphatic rings. The fourth-order valence-corrected chi connectivity index (χ4v) is 7.12. The minimum absolute atomic E-state index is 0.00827. The molecule has 3 aromatic rings. The van der Waals surface area contributed by atoms with E-state index in [-0.39, 0.29) is 48.6 Å². The number of carbonyl (C=O) groups excluding carboxylic acids is 1. The Hall–Kier alpha value is -3.71. The summed E-state index contributed by atoms with van der Waals surface area (Å²) in [4.78, 5) is 22.6. The Labute approximate surface area is 272 Å². The summed E-state index contributed by atoms with van der Waals surface area (Å²) in [6, 6.07) is 9.94. The molecule has 2 aromatic carbocycles. The third-order valence-electron chi connectivity index (χ3n) is 7.74. The molecule has 1 fully saturated rings. The number of methoxy groups -OCH3 is 1. The van der Waals surface area contributed by atoms with Gasteiger partial charge in [0.15, 0.2) is 0 Å². The Morgan fingerprint density at radius 2 is 1.68 bits per heavy atom. The number of nitrogens with zero attached hydrogens (tertiary/aromatic N) is 3. The van der Waals surface area contributed by atoms with Crippen LogP contribution in [0.4, 0.5) is 36.3 Å². The van der Waals surface area contributed by atoms with E-state index in [1.807, 2.05) is 0 Å². The lowest BCUT2D eigenvalue weighted by molar-refractivity contribution is -0.137. The van der Waals surface area contributed by atoms with Gasteiger partial charge in [-0.15, -0.1) is 0 Å². The molecule has 1 aliphatic carbocycles. The molecule has 0 aliphatic heterocycles. The Morgan fingerprint density at radius 3 is 2.28 bits per heavy atom. The Bertz CT molecular complexity index is 1590. The van der Waals surface area contributed by atoms with Crippen LogP contribution >= 0.6 is 7.60 Å². The molecule has 1 heterocycles. The van der Waals surface area contributed by atoms with E-state index < -0.39 is 31.1 Å². The molecule has 0 unspecified atom stereocenters. The number of amides is 1. The van der Waals surface area contributed by atoms with Gasteiger partial charge in [-0.05, 0) is 80.8 Å².